The number of hydrogen-bond acceptors (Lipinski definition) is 3. The maximum Gasteiger partial charge on any atom is 0.307 e. The van der Waals surface area contributed by atoms with Crippen molar-refractivity contribution in [1.29, 1.82) is 0 Å². The number of aryl methyl sites for hydroxylation is 1. The molecular formula is C22H24ClNO3. The number of carbonyl (C=O) groups excluding carboxylic acids is 2. The summed E-state index contributed by atoms with van der Waals surface area (Å²) in [7, 11) is 0. The summed E-state index contributed by atoms with van der Waals surface area (Å²) in [6.07, 6.45) is 3.43. The van der Waals surface area contributed by atoms with Crippen molar-refractivity contribution in [3.8, 4) is 0 Å². The lowest BCUT2D eigenvalue weighted by Crippen LogP contribution is -2.31. The van der Waals surface area contributed by atoms with E-state index in [0.717, 1.165) is 16.7 Å². The van der Waals surface area contributed by atoms with Crippen LogP contribution in [0.2, 0.25) is 5.02 Å². The van der Waals surface area contributed by atoms with Gasteiger partial charge in [-0.1, -0.05) is 59.6 Å². The fourth-order valence-corrected chi connectivity index (χ4v) is 2.70. The molecule has 2 aromatic carbocycles. The van der Waals surface area contributed by atoms with E-state index in [-0.39, 0.29) is 24.8 Å². The molecule has 0 saturated heterocycles. The Balaban J connectivity index is 2.11. The molecule has 0 aliphatic rings. The van der Waals surface area contributed by atoms with Gasteiger partial charge >= 0.3 is 5.97 Å². The van der Waals surface area contributed by atoms with Crippen LogP contribution in [-0.4, -0.2) is 29.9 Å². The molecule has 27 heavy (non-hydrogen) atoms. The van der Waals surface area contributed by atoms with Crippen LogP contribution in [0, 0.1) is 6.92 Å². The maximum atomic E-state index is 12.7. The predicted octanol–water partition coefficient (Wildman–Crippen LogP) is 4.64. The standard InChI is InChI=1S/C22H24ClNO3/c1-3-27-22(26)14-15-24(16-19-6-4-5-7-20(19)23)21(25)13-12-18-10-8-17(2)9-11-18/h4-13H,3,14-16H2,1-2H3/b13-12+. The van der Waals surface area contributed by atoms with Gasteiger partial charge in [0.2, 0.25) is 5.91 Å². The Bertz CT molecular complexity index is 799. The second-order valence-electron chi connectivity index (χ2n) is 6.15. The van der Waals surface area contributed by atoms with E-state index >= 15 is 0 Å². The Kier molecular flexibility index (Phi) is 8.08. The van der Waals surface area contributed by atoms with Crippen LogP contribution in [0.25, 0.3) is 6.08 Å². The molecule has 0 radical (unpaired) electrons. The molecule has 0 aliphatic carbocycles. The molecule has 0 unspecified atom stereocenters. The number of nitrogens with zero attached hydrogens (tertiary/aromatic N) is 1. The fraction of sp³-hybridized carbons (Fsp3) is 0.273. The molecule has 0 aromatic heterocycles. The molecule has 0 spiro atoms. The third-order valence-electron chi connectivity index (χ3n) is 4.02. The van der Waals surface area contributed by atoms with Crippen molar-refractivity contribution in [3.63, 3.8) is 0 Å². The minimum absolute atomic E-state index is 0.141. The lowest BCUT2D eigenvalue weighted by Gasteiger charge is -2.21. The van der Waals surface area contributed by atoms with Gasteiger partial charge < -0.3 is 9.64 Å². The van der Waals surface area contributed by atoms with Crippen LogP contribution < -0.4 is 0 Å². The van der Waals surface area contributed by atoms with E-state index in [0.29, 0.717) is 18.2 Å². The first-order valence-electron chi connectivity index (χ1n) is 8.92. The average Bonchev–Trinajstić information content (AvgIpc) is 2.66. The van der Waals surface area contributed by atoms with E-state index in [4.69, 9.17) is 16.3 Å². The molecular weight excluding hydrogens is 362 g/mol. The van der Waals surface area contributed by atoms with Gasteiger partial charge in [0.05, 0.1) is 13.0 Å². The van der Waals surface area contributed by atoms with Crippen LogP contribution in [0.15, 0.2) is 54.6 Å². The highest BCUT2D eigenvalue weighted by atomic mass is 35.5. The highest BCUT2D eigenvalue weighted by molar-refractivity contribution is 6.31. The summed E-state index contributed by atoms with van der Waals surface area (Å²) >= 11 is 6.23. The van der Waals surface area contributed by atoms with Crippen molar-refractivity contribution >= 4 is 29.6 Å². The van der Waals surface area contributed by atoms with Crippen LogP contribution >= 0.6 is 11.6 Å². The molecule has 0 atom stereocenters. The van der Waals surface area contributed by atoms with E-state index in [2.05, 4.69) is 0 Å². The van der Waals surface area contributed by atoms with Crippen molar-refractivity contribution in [1.82, 2.24) is 4.90 Å². The summed E-state index contributed by atoms with van der Waals surface area (Å²) in [4.78, 5) is 26.0. The lowest BCUT2D eigenvalue weighted by molar-refractivity contribution is -0.143. The SMILES string of the molecule is CCOC(=O)CCN(Cc1ccccc1Cl)C(=O)/C=C/c1ccc(C)cc1. The van der Waals surface area contributed by atoms with Crippen molar-refractivity contribution in [2.45, 2.75) is 26.8 Å². The first-order chi connectivity index (χ1) is 13.0. The highest BCUT2D eigenvalue weighted by Gasteiger charge is 2.15. The smallest absolute Gasteiger partial charge is 0.307 e. The molecule has 142 valence electrons. The zero-order valence-corrected chi connectivity index (χ0v) is 16.4. The summed E-state index contributed by atoms with van der Waals surface area (Å²) in [5, 5.41) is 0.592. The molecule has 1 amide bonds. The Morgan fingerprint density at radius 3 is 2.48 bits per heavy atom. The van der Waals surface area contributed by atoms with Crippen LogP contribution in [0.3, 0.4) is 0 Å². The third-order valence-corrected chi connectivity index (χ3v) is 4.39. The Morgan fingerprint density at radius 2 is 1.81 bits per heavy atom. The van der Waals surface area contributed by atoms with E-state index < -0.39 is 0 Å². The van der Waals surface area contributed by atoms with Gasteiger partial charge in [-0.2, -0.15) is 0 Å². The Hall–Kier alpha value is -2.59. The van der Waals surface area contributed by atoms with E-state index in [1.165, 1.54) is 6.08 Å². The molecule has 4 nitrogen and oxygen atoms in total. The number of carbonyl (C=O) groups is 2. The molecule has 0 N–H and O–H groups in total. The van der Waals surface area contributed by atoms with E-state index in [9.17, 15) is 9.59 Å². The summed E-state index contributed by atoms with van der Waals surface area (Å²) in [6, 6.07) is 15.3. The normalized spacial score (nSPS) is 10.8. The number of benzene rings is 2. The van der Waals surface area contributed by atoms with Gasteiger partial charge in [0, 0.05) is 24.2 Å². The topological polar surface area (TPSA) is 46.6 Å². The zero-order chi connectivity index (χ0) is 19.6. The Labute approximate surface area is 165 Å². The third kappa shape index (κ3) is 6.91. The minimum Gasteiger partial charge on any atom is -0.466 e. The second kappa shape index (κ2) is 10.5. The molecule has 0 saturated carbocycles. The first-order valence-corrected chi connectivity index (χ1v) is 9.30. The number of rotatable bonds is 8. The zero-order valence-electron chi connectivity index (χ0n) is 15.7. The Morgan fingerprint density at radius 1 is 1.11 bits per heavy atom. The molecule has 0 aliphatic heterocycles. The van der Waals surface area contributed by atoms with Gasteiger partial charge in [0.25, 0.3) is 0 Å². The molecule has 0 heterocycles. The monoisotopic (exact) mass is 385 g/mol. The summed E-state index contributed by atoms with van der Waals surface area (Å²) in [5.74, 6) is -0.503. The van der Waals surface area contributed by atoms with E-state index in [1.807, 2.05) is 49.4 Å². The average molecular weight is 386 g/mol. The molecule has 5 heteroatoms. The van der Waals surface area contributed by atoms with Crippen LogP contribution in [0.4, 0.5) is 0 Å². The van der Waals surface area contributed by atoms with Crippen molar-refractivity contribution in [2.75, 3.05) is 13.2 Å². The van der Waals surface area contributed by atoms with Gasteiger partial charge in [-0.05, 0) is 37.1 Å². The quantitative estimate of drug-likeness (QED) is 0.491. The fourth-order valence-electron chi connectivity index (χ4n) is 2.51. The lowest BCUT2D eigenvalue weighted by atomic mass is 10.1. The molecule has 0 fully saturated rings. The van der Waals surface area contributed by atoms with Gasteiger partial charge in [0.15, 0.2) is 0 Å². The molecule has 0 bridgehead atoms. The van der Waals surface area contributed by atoms with E-state index in [1.54, 1.807) is 24.0 Å². The van der Waals surface area contributed by atoms with Gasteiger partial charge in [0.1, 0.15) is 0 Å². The number of amides is 1. The van der Waals surface area contributed by atoms with Gasteiger partial charge in [-0.3, -0.25) is 9.59 Å². The van der Waals surface area contributed by atoms with Crippen LogP contribution in [-0.2, 0) is 20.9 Å². The maximum absolute atomic E-state index is 12.7. The first kappa shape index (κ1) is 20.7. The van der Waals surface area contributed by atoms with Crippen molar-refractivity contribution < 1.29 is 14.3 Å². The summed E-state index contributed by atoms with van der Waals surface area (Å²) in [5.41, 5.74) is 2.94. The number of ether oxygens (including phenoxy) is 1. The van der Waals surface area contributed by atoms with Crippen LogP contribution in [0.5, 0.6) is 0 Å². The van der Waals surface area contributed by atoms with Gasteiger partial charge in [-0.25, -0.2) is 0 Å². The van der Waals surface area contributed by atoms with Crippen molar-refractivity contribution in [3.05, 3.63) is 76.3 Å². The number of halogens is 1. The second-order valence-corrected chi connectivity index (χ2v) is 6.56. The predicted molar refractivity (Wildman–Crippen MR) is 108 cm³/mol. The largest absolute Gasteiger partial charge is 0.466 e. The molecule has 2 aromatic rings. The molecule has 2 rings (SSSR count). The van der Waals surface area contributed by atoms with Crippen LogP contribution in [0.1, 0.15) is 30.0 Å². The number of hydrogen-bond donors (Lipinski definition) is 0. The minimum atomic E-state index is -0.322. The summed E-state index contributed by atoms with van der Waals surface area (Å²) in [6.45, 7) is 4.69. The van der Waals surface area contributed by atoms with Crippen molar-refractivity contribution in [2.24, 2.45) is 0 Å². The summed E-state index contributed by atoms with van der Waals surface area (Å²) < 4.78 is 4.97. The highest BCUT2D eigenvalue weighted by Crippen LogP contribution is 2.18. The number of esters is 1. The van der Waals surface area contributed by atoms with Gasteiger partial charge in [-0.15, -0.1) is 0 Å².